The van der Waals surface area contributed by atoms with Gasteiger partial charge in [-0.1, -0.05) is 85.2 Å². The van der Waals surface area contributed by atoms with E-state index in [1.165, 1.54) is 7.11 Å². The van der Waals surface area contributed by atoms with E-state index >= 15 is 0 Å². The van der Waals surface area contributed by atoms with E-state index in [-0.39, 0.29) is 54.4 Å². The molecule has 1 aliphatic rings. The zero-order valence-corrected chi connectivity index (χ0v) is 35.7. The molecule has 312 valence electrons. The Morgan fingerprint density at radius 2 is 1.51 bits per heavy atom. The Labute approximate surface area is 330 Å². The molecule has 1 fully saturated rings. The summed E-state index contributed by atoms with van der Waals surface area (Å²) in [6, 6.07) is 6.00. The number of carbonyl (C=O) groups is 5. The minimum absolute atomic E-state index is 0.0118. The number of nitrogens with zero attached hydrogens (tertiary/aromatic N) is 3. The van der Waals surface area contributed by atoms with E-state index < -0.39 is 60.2 Å². The Bertz CT molecular complexity index is 1390. The van der Waals surface area contributed by atoms with E-state index in [4.69, 9.17) is 9.47 Å². The third-order valence-electron chi connectivity index (χ3n) is 11.5. The van der Waals surface area contributed by atoms with Crippen LogP contribution in [0.4, 0.5) is 0 Å². The largest absolute Gasteiger partial charge is 0.480 e. The molecule has 1 saturated heterocycles. The Morgan fingerprint density at radius 1 is 0.891 bits per heavy atom. The zero-order chi connectivity index (χ0) is 41.7. The molecule has 1 aromatic carbocycles. The van der Waals surface area contributed by atoms with Crippen LogP contribution in [0.5, 0.6) is 0 Å². The number of rotatable bonds is 22. The van der Waals surface area contributed by atoms with Crippen LogP contribution < -0.4 is 10.6 Å². The van der Waals surface area contributed by atoms with E-state index in [9.17, 15) is 29.1 Å². The van der Waals surface area contributed by atoms with E-state index in [1.54, 1.807) is 30.9 Å². The number of likely N-dealkylation sites (tertiary alicyclic amines) is 1. The van der Waals surface area contributed by atoms with Gasteiger partial charge in [-0.05, 0) is 57.1 Å². The molecular formula is C42H71N5O8. The molecular weight excluding hydrogens is 702 g/mol. The lowest BCUT2D eigenvalue weighted by molar-refractivity contribution is -0.148. The normalized spacial score (nSPS) is 19.1. The van der Waals surface area contributed by atoms with Crippen LogP contribution in [0.3, 0.4) is 0 Å². The second-order valence-corrected chi connectivity index (χ2v) is 16.4. The van der Waals surface area contributed by atoms with Gasteiger partial charge in [0, 0.05) is 40.3 Å². The molecule has 0 radical (unpaired) electrons. The molecule has 1 heterocycles. The highest BCUT2D eigenvalue weighted by Crippen LogP contribution is 2.30. The number of benzene rings is 1. The summed E-state index contributed by atoms with van der Waals surface area (Å²) < 4.78 is 11.9. The number of hydrogen-bond donors (Lipinski definition) is 3. The molecule has 0 bridgehead atoms. The maximum atomic E-state index is 14.3. The second-order valence-electron chi connectivity index (χ2n) is 16.4. The molecule has 0 spiro atoms. The van der Waals surface area contributed by atoms with E-state index in [0.29, 0.717) is 19.4 Å². The lowest BCUT2D eigenvalue weighted by Crippen LogP contribution is -2.60. The molecule has 55 heavy (non-hydrogen) atoms. The Hall–Kier alpha value is -3.55. The van der Waals surface area contributed by atoms with Gasteiger partial charge in [0.25, 0.3) is 0 Å². The number of carboxylic acid groups (broad SMARTS) is 1. The summed E-state index contributed by atoms with van der Waals surface area (Å²) in [6.07, 6.45) is 0.808. The zero-order valence-electron chi connectivity index (χ0n) is 35.7. The molecule has 1 aromatic rings. The topological polar surface area (TPSA) is 158 Å². The summed E-state index contributed by atoms with van der Waals surface area (Å²) in [5.74, 6) is -3.21. The number of hydrogen-bond acceptors (Lipinski definition) is 8. The highest BCUT2D eigenvalue weighted by atomic mass is 16.5. The van der Waals surface area contributed by atoms with Gasteiger partial charge < -0.3 is 35.0 Å². The fourth-order valence-electron chi connectivity index (χ4n) is 7.91. The number of methoxy groups -OCH3 is 2. The van der Waals surface area contributed by atoms with E-state index in [2.05, 4.69) is 10.6 Å². The quantitative estimate of drug-likeness (QED) is 0.157. The number of likely N-dealkylation sites (N-methyl/N-ethyl adjacent to an activating group) is 2. The number of carboxylic acids is 1. The number of carbonyl (C=O) groups excluding carboxylic acids is 4. The van der Waals surface area contributed by atoms with E-state index in [1.807, 2.05) is 97.7 Å². The van der Waals surface area contributed by atoms with E-state index in [0.717, 1.165) is 12.0 Å². The first-order chi connectivity index (χ1) is 25.8. The standard InChI is InChI=1S/C42H71N5O8/c1-14-28(8)37(46(11)41(51)35(25(2)3)44-40(50)36(26(4)5)45(10)27(6)7)33(54-12)24-34(48)47-22-18-21-32(47)38(55-13)29(9)39(49)43-31(42(52)53)23-30-19-16-15-17-20-30/h15-17,19-20,25-29,31-33,35-38H,14,18,21-24H2,1-13H3,(H,43,49)(H,44,50)(H,52,53)/t28-,29+,31?,32?,33+,35-,36?,37-,38+/m0/s1. The van der Waals surface area contributed by atoms with Crippen molar-refractivity contribution in [3.8, 4) is 0 Å². The number of aliphatic carboxylic acids is 1. The first-order valence-corrected chi connectivity index (χ1v) is 20.0. The van der Waals surface area contributed by atoms with Crippen molar-refractivity contribution in [1.82, 2.24) is 25.3 Å². The minimum atomic E-state index is -1.14. The summed E-state index contributed by atoms with van der Waals surface area (Å²) in [4.78, 5) is 73.3. The number of nitrogens with one attached hydrogen (secondary N) is 2. The predicted octanol–water partition coefficient (Wildman–Crippen LogP) is 4.22. The fourth-order valence-corrected chi connectivity index (χ4v) is 7.91. The van der Waals surface area contributed by atoms with Crippen LogP contribution in [-0.2, 0) is 39.9 Å². The first-order valence-electron chi connectivity index (χ1n) is 20.0. The first kappa shape index (κ1) is 47.6. The van der Waals surface area contributed by atoms with Crippen molar-refractivity contribution in [3.05, 3.63) is 35.9 Å². The summed E-state index contributed by atoms with van der Waals surface area (Å²) >= 11 is 0. The van der Waals surface area contributed by atoms with Crippen LogP contribution >= 0.6 is 0 Å². The van der Waals surface area contributed by atoms with Crippen molar-refractivity contribution >= 4 is 29.6 Å². The van der Waals surface area contributed by atoms with Crippen molar-refractivity contribution in [2.75, 3.05) is 34.9 Å². The maximum Gasteiger partial charge on any atom is 0.326 e. The molecule has 13 heteroatoms. The lowest BCUT2D eigenvalue weighted by atomic mass is 9.89. The molecule has 3 N–H and O–H groups in total. The monoisotopic (exact) mass is 774 g/mol. The molecule has 0 saturated carbocycles. The minimum Gasteiger partial charge on any atom is -0.480 e. The Morgan fingerprint density at radius 3 is 2.00 bits per heavy atom. The summed E-state index contributed by atoms with van der Waals surface area (Å²) in [5.41, 5.74) is 0.785. The van der Waals surface area contributed by atoms with Gasteiger partial charge in [0.2, 0.25) is 23.6 Å². The molecule has 4 amide bonds. The molecule has 0 aromatic heterocycles. The van der Waals surface area contributed by atoms with Crippen molar-refractivity contribution < 1.29 is 38.6 Å². The van der Waals surface area contributed by atoms with Crippen molar-refractivity contribution in [2.24, 2.45) is 23.7 Å². The SMILES string of the molecule is CC[C@H](C)[C@@H]([C@@H](CC(=O)N1CCCC1[C@H](OC)[C@@H](C)C(=O)NC(Cc1ccccc1)C(=O)O)OC)N(C)C(=O)[C@@H](NC(=O)C(C(C)C)N(C)C(C)C)C(C)C. The number of ether oxygens (including phenoxy) is 2. The highest BCUT2D eigenvalue weighted by Gasteiger charge is 2.43. The van der Waals surface area contributed by atoms with Crippen LogP contribution in [0, 0.1) is 23.7 Å². The highest BCUT2D eigenvalue weighted by molar-refractivity contribution is 5.90. The van der Waals surface area contributed by atoms with Gasteiger partial charge in [0.1, 0.15) is 12.1 Å². The average Bonchev–Trinajstić information content (AvgIpc) is 3.62. The van der Waals surface area contributed by atoms with Crippen molar-refractivity contribution in [2.45, 2.75) is 143 Å². The van der Waals surface area contributed by atoms with Gasteiger partial charge in [-0.3, -0.25) is 24.1 Å². The third-order valence-corrected chi connectivity index (χ3v) is 11.5. The van der Waals surface area contributed by atoms with Crippen LogP contribution in [0.1, 0.15) is 93.6 Å². The Kier molecular flexibility index (Phi) is 19.3. The molecule has 13 nitrogen and oxygen atoms in total. The number of amides is 4. The predicted molar refractivity (Wildman–Crippen MR) is 214 cm³/mol. The molecule has 0 aliphatic carbocycles. The average molecular weight is 774 g/mol. The van der Waals surface area contributed by atoms with Crippen molar-refractivity contribution in [1.29, 1.82) is 0 Å². The van der Waals surface area contributed by atoms with Gasteiger partial charge >= 0.3 is 5.97 Å². The summed E-state index contributed by atoms with van der Waals surface area (Å²) in [5, 5.41) is 15.7. The Balaban J connectivity index is 2.29. The third kappa shape index (κ3) is 12.7. The van der Waals surface area contributed by atoms with Gasteiger partial charge in [-0.25, -0.2) is 4.79 Å². The van der Waals surface area contributed by atoms with Crippen molar-refractivity contribution in [3.63, 3.8) is 0 Å². The van der Waals surface area contributed by atoms with Crippen LogP contribution in [0.25, 0.3) is 0 Å². The van der Waals surface area contributed by atoms with Crippen LogP contribution in [0.15, 0.2) is 30.3 Å². The lowest BCUT2D eigenvalue weighted by Gasteiger charge is -2.41. The summed E-state index contributed by atoms with van der Waals surface area (Å²) in [6.45, 7) is 18.1. The molecule has 9 atom stereocenters. The summed E-state index contributed by atoms with van der Waals surface area (Å²) in [7, 11) is 6.69. The smallest absolute Gasteiger partial charge is 0.326 e. The van der Waals surface area contributed by atoms with Crippen LogP contribution in [0.2, 0.25) is 0 Å². The molecule has 1 aliphatic heterocycles. The van der Waals surface area contributed by atoms with Gasteiger partial charge in [-0.15, -0.1) is 0 Å². The van der Waals surface area contributed by atoms with Gasteiger partial charge in [0.05, 0.1) is 42.7 Å². The van der Waals surface area contributed by atoms with Gasteiger partial charge in [-0.2, -0.15) is 0 Å². The van der Waals surface area contributed by atoms with Crippen LogP contribution in [-0.4, -0.2) is 133 Å². The molecule has 3 unspecified atom stereocenters. The molecule has 2 rings (SSSR count). The van der Waals surface area contributed by atoms with Gasteiger partial charge in [0.15, 0.2) is 0 Å². The maximum absolute atomic E-state index is 14.3. The second kappa shape index (κ2) is 22.3. The fraction of sp³-hybridized carbons (Fsp3) is 0.738.